The lowest BCUT2D eigenvalue weighted by Crippen LogP contribution is -2.27. The molecule has 0 saturated heterocycles. The van der Waals surface area contributed by atoms with E-state index in [0.29, 0.717) is 39.6 Å². The minimum atomic E-state index is -1.73. The van der Waals surface area contributed by atoms with Crippen molar-refractivity contribution < 1.29 is 26.6 Å². The van der Waals surface area contributed by atoms with Gasteiger partial charge in [0, 0.05) is 39.6 Å². The van der Waals surface area contributed by atoms with Gasteiger partial charge in [0.05, 0.1) is 0 Å². The standard InChI is InChI=1S/2C6H16O3Si.C2H4/c2*1-4-7-10(8-5-2)9-6-3;1-2/h2*10H,4-6H2,1-3H3;1-2H2. The Bertz CT molecular complexity index is 142. The molecule has 8 heteroatoms. The monoisotopic (exact) mass is 356 g/mol. The highest BCUT2D eigenvalue weighted by Crippen LogP contribution is 1.91. The van der Waals surface area contributed by atoms with Crippen LogP contribution in [0.5, 0.6) is 0 Å². The van der Waals surface area contributed by atoms with Crippen LogP contribution in [0.4, 0.5) is 0 Å². The van der Waals surface area contributed by atoms with Crippen LogP contribution in [-0.2, 0) is 26.6 Å². The Kier molecular flexibility index (Phi) is 31.5. The van der Waals surface area contributed by atoms with E-state index >= 15 is 0 Å². The van der Waals surface area contributed by atoms with Gasteiger partial charge in [0.15, 0.2) is 0 Å². The predicted octanol–water partition coefficient (Wildman–Crippen LogP) is 2.43. The van der Waals surface area contributed by atoms with Crippen LogP contribution in [0.25, 0.3) is 0 Å². The van der Waals surface area contributed by atoms with E-state index in [1.807, 2.05) is 41.5 Å². The van der Waals surface area contributed by atoms with Crippen molar-refractivity contribution in [2.75, 3.05) is 39.6 Å². The first-order valence-electron chi connectivity index (χ1n) is 7.89. The molecule has 0 aromatic carbocycles. The first kappa shape index (κ1) is 26.8. The highest BCUT2D eigenvalue weighted by atomic mass is 28.3. The SMILES string of the molecule is C=C.CCO[SiH](OCC)OCC.CCO[SiH](OCC)OCC. The highest BCUT2D eigenvalue weighted by Gasteiger charge is 2.11. The van der Waals surface area contributed by atoms with Crippen LogP contribution in [0.2, 0.25) is 0 Å². The third-order valence-electron chi connectivity index (χ3n) is 1.82. The normalized spacial score (nSPS) is 10.0. The first-order valence-corrected chi connectivity index (χ1v) is 10.7. The van der Waals surface area contributed by atoms with Gasteiger partial charge in [-0.2, -0.15) is 0 Å². The van der Waals surface area contributed by atoms with Gasteiger partial charge in [0.2, 0.25) is 0 Å². The quantitative estimate of drug-likeness (QED) is 0.395. The van der Waals surface area contributed by atoms with Gasteiger partial charge in [-0.15, -0.1) is 13.2 Å². The van der Waals surface area contributed by atoms with E-state index in [4.69, 9.17) is 26.6 Å². The van der Waals surface area contributed by atoms with Crippen LogP contribution in [0.1, 0.15) is 41.5 Å². The summed E-state index contributed by atoms with van der Waals surface area (Å²) in [7, 11) is -3.47. The van der Waals surface area contributed by atoms with Gasteiger partial charge >= 0.3 is 19.1 Å². The zero-order chi connectivity index (χ0) is 17.6. The molecule has 0 aliphatic heterocycles. The van der Waals surface area contributed by atoms with Crippen molar-refractivity contribution >= 4 is 19.1 Å². The smallest absolute Gasteiger partial charge is 0.376 e. The second-order valence-electron chi connectivity index (χ2n) is 3.31. The summed E-state index contributed by atoms with van der Waals surface area (Å²) in [5.41, 5.74) is 0. The Balaban J connectivity index is -0.000000294. The fourth-order valence-electron chi connectivity index (χ4n) is 1.11. The number of rotatable bonds is 12. The van der Waals surface area contributed by atoms with Gasteiger partial charge in [0.25, 0.3) is 0 Å². The van der Waals surface area contributed by atoms with Gasteiger partial charge < -0.3 is 26.6 Å². The van der Waals surface area contributed by atoms with Crippen LogP contribution in [0, 0.1) is 0 Å². The lowest BCUT2D eigenvalue weighted by Gasteiger charge is -2.12. The molecule has 0 N–H and O–H groups in total. The van der Waals surface area contributed by atoms with E-state index in [0.717, 1.165) is 0 Å². The Morgan fingerprint density at radius 3 is 0.682 bits per heavy atom. The van der Waals surface area contributed by atoms with E-state index in [9.17, 15) is 0 Å². The summed E-state index contributed by atoms with van der Waals surface area (Å²) in [6, 6.07) is 0. The van der Waals surface area contributed by atoms with Gasteiger partial charge in [-0.05, 0) is 41.5 Å². The maximum Gasteiger partial charge on any atom is 0.484 e. The predicted molar refractivity (Wildman–Crippen MR) is 95.3 cm³/mol. The lowest BCUT2D eigenvalue weighted by atomic mass is 10.9. The molecule has 0 saturated carbocycles. The molecule has 0 radical (unpaired) electrons. The molecule has 0 amide bonds. The fourth-order valence-corrected chi connectivity index (χ4v) is 3.32. The van der Waals surface area contributed by atoms with E-state index in [-0.39, 0.29) is 0 Å². The molecule has 0 rings (SSSR count). The molecule has 0 unspecified atom stereocenters. The Morgan fingerprint density at radius 1 is 0.455 bits per heavy atom. The largest absolute Gasteiger partial charge is 0.484 e. The maximum atomic E-state index is 5.22. The van der Waals surface area contributed by atoms with Crippen LogP contribution in [0.15, 0.2) is 13.2 Å². The molecule has 136 valence electrons. The van der Waals surface area contributed by atoms with Gasteiger partial charge in [-0.25, -0.2) is 0 Å². The van der Waals surface area contributed by atoms with E-state index < -0.39 is 19.1 Å². The third kappa shape index (κ3) is 22.2. The second kappa shape index (κ2) is 25.9. The summed E-state index contributed by atoms with van der Waals surface area (Å²) < 4.78 is 31.3. The Hall–Kier alpha value is -0.0662. The maximum absolute atomic E-state index is 5.22. The van der Waals surface area contributed by atoms with Crippen molar-refractivity contribution in [3.8, 4) is 0 Å². The average molecular weight is 357 g/mol. The zero-order valence-corrected chi connectivity index (χ0v) is 17.6. The molecular weight excluding hydrogens is 320 g/mol. The van der Waals surface area contributed by atoms with Gasteiger partial charge in [0.1, 0.15) is 0 Å². The topological polar surface area (TPSA) is 55.4 Å². The van der Waals surface area contributed by atoms with Crippen LogP contribution >= 0.6 is 0 Å². The summed E-state index contributed by atoms with van der Waals surface area (Å²) >= 11 is 0. The van der Waals surface area contributed by atoms with Crippen molar-refractivity contribution in [1.82, 2.24) is 0 Å². The average Bonchev–Trinajstić information content (AvgIpc) is 2.52. The molecule has 0 aromatic heterocycles. The Morgan fingerprint density at radius 2 is 0.591 bits per heavy atom. The van der Waals surface area contributed by atoms with Crippen molar-refractivity contribution in [2.24, 2.45) is 0 Å². The van der Waals surface area contributed by atoms with E-state index in [1.54, 1.807) is 0 Å². The Labute approximate surface area is 140 Å². The molecule has 0 spiro atoms. The second-order valence-corrected chi connectivity index (χ2v) is 6.46. The summed E-state index contributed by atoms with van der Waals surface area (Å²) in [4.78, 5) is 0. The van der Waals surface area contributed by atoms with Crippen LogP contribution in [-0.4, -0.2) is 58.7 Å². The number of hydrogen-bond donors (Lipinski definition) is 0. The molecule has 0 aromatic rings. The molecule has 0 fully saturated rings. The molecule has 0 heterocycles. The van der Waals surface area contributed by atoms with Crippen molar-refractivity contribution in [3.05, 3.63) is 13.2 Å². The molecule has 0 atom stereocenters. The van der Waals surface area contributed by atoms with Crippen LogP contribution < -0.4 is 0 Å². The molecule has 0 bridgehead atoms. The van der Waals surface area contributed by atoms with Gasteiger partial charge in [-0.3, -0.25) is 0 Å². The van der Waals surface area contributed by atoms with Crippen LogP contribution in [0.3, 0.4) is 0 Å². The van der Waals surface area contributed by atoms with Crippen molar-refractivity contribution in [3.63, 3.8) is 0 Å². The molecule has 6 nitrogen and oxygen atoms in total. The van der Waals surface area contributed by atoms with Gasteiger partial charge in [-0.1, -0.05) is 0 Å². The summed E-state index contributed by atoms with van der Waals surface area (Å²) in [5.74, 6) is 0. The minimum Gasteiger partial charge on any atom is -0.376 e. The molecule has 22 heavy (non-hydrogen) atoms. The summed E-state index contributed by atoms with van der Waals surface area (Å²) in [6.45, 7) is 21.7. The van der Waals surface area contributed by atoms with Crippen molar-refractivity contribution in [2.45, 2.75) is 41.5 Å². The third-order valence-corrected chi connectivity index (χ3v) is 5.45. The first-order chi connectivity index (χ1) is 10.7. The zero-order valence-electron chi connectivity index (χ0n) is 15.3. The molecule has 0 aliphatic rings. The minimum absolute atomic E-state index is 0.677. The van der Waals surface area contributed by atoms with E-state index in [2.05, 4.69) is 13.2 Å². The highest BCUT2D eigenvalue weighted by molar-refractivity contribution is 6.36. The summed E-state index contributed by atoms with van der Waals surface area (Å²) in [6.07, 6.45) is 0. The molecule has 0 aliphatic carbocycles. The summed E-state index contributed by atoms with van der Waals surface area (Å²) in [5, 5.41) is 0. The van der Waals surface area contributed by atoms with E-state index in [1.165, 1.54) is 0 Å². The fraction of sp³-hybridized carbons (Fsp3) is 0.857. The molecular formula is C14H36O6Si2. The number of hydrogen-bond acceptors (Lipinski definition) is 6. The van der Waals surface area contributed by atoms with Crippen molar-refractivity contribution in [1.29, 1.82) is 0 Å². The lowest BCUT2D eigenvalue weighted by molar-refractivity contribution is 0.106.